The summed E-state index contributed by atoms with van der Waals surface area (Å²) in [6, 6.07) is 4.68. The molecule has 18 heavy (non-hydrogen) atoms. The number of rotatable bonds is 4. The largest absolute Gasteiger partial charge is 0.356 e. The number of nitrogens with one attached hydrogen (secondary N) is 2. The molecule has 0 spiro atoms. The van der Waals surface area contributed by atoms with Crippen LogP contribution in [0.15, 0.2) is 22.5 Å². The van der Waals surface area contributed by atoms with Crippen molar-refractivity contribution < 1.29 is 0 Å². The minimum absolute atomic E-state index is 0. The normalized spacial score (nSPS) is 12.2. The highest BCUT2D eigenvalue weighted by atomic mass is 127. The van der Waals surface area contributed by atoms with E-state index in [1.54, 1.807) is 18.4 Å². The van der Waals surface area contributed by atoms with Crippen LogP contribution >= 0.6 is 35.3 Å². The molecular weight excluding hydrogens is 357 g/mol. The highest BCUT2D eigenvalue weighted by molar-refractivity contribution is 14.0. The van der Waals surface area contributed by atoms with E-state index in [2.05, 4.69) is 60.8 Å². The minimum atomic E-state index is 0. The summed E-state index contributed by atoms with van der Waals surface area (Å²) in [6.45, 7) is 9.58. The Morgan fingerprint density at radius 1 is 1.44 bits per heavy atom. The summed E-state index contributed by atoms with van der Waals surface area (Å²) in [5.41, 5.74) is 0.128. The Kier molecular flexibility index (Phi) is 7.86. The van der Waals surface area contributed by atoms with Crippen molar-refractivity contribution in [3.63, 3.8) is 0 Å². The molecule has 0 atom stereocenters. The molecule has 0 aliphatic heterocycles. The SMILES string of the molecule is CN=C(NCC(C)(C)c1cccs1)NC(C)C.I. The first-order chi connectivity index (χ1) is 7.95. The quantitative estimate of drug-likeness (QED) is 0.477. The lowest BCUT2D eigenvalue weighted by Crippen LogP contribution is -2.45. The van der Waals surface area contributed by atoms with Gasteiger partial charge < -0.3 is 10.6 Å². The standard InChI is InChI=1S/C13H23N3S.HI/c1-10(2)16-12(14-5)15-9-13(3,4)11-7-6-8-17-11;/h6-8,10H,9H2,1-5H3,(H2,14,15,16);1H. The summed E-state index contributed by atoms with van der Waals surface area (Å²) in [6.07, 6.45) is 0. The molecule has 3 nitrogen and oxygen atoms in total. The molecule has 0 aliphatic rings. The molecule has 1 aromatic heterocycles. The number of guanidine groups is 1. The van der Waals surface area contributed by atoms with Gasteiger partial charge in [-0.1, -0.05) is 19.9 Å². The number of aliphatic imine (C=N–C) groups is 1. The van der Waals surface area contributed by atoms with Gasteiger partial charge in [0.2, 0.25) is 0 Å². The molecule has 1 aromatic rings. The van der Waals surface area contributed by atoms with Crippen molar-refractivity contribution in [1.82, 2.24) is 10.6 Å². The first kappa shape index (κ1) is 17.7. The summed E-state index contributed by atoms with van der Waals surface area (Å²) in [5.74, 6) is 0.865. The minimum Gasteiger partial charge on any atom is -0.356 e. The van der Waals surface area contributed by atoms with Gasteiger partial charge in [-0.3, -0.25) is 4.99 Å². The van der Waals surface area contributed by atoms with E-state index in [4.69, 9.17) is 0 Å². The zero-order valence-corrected chi connectivity index (χ0v) is 14.9. The van der Waals surface area contributed by atoms with Gasteiger partial charge in [-0.2, -0.15) is 0 Å². The summed E-state index contributed by atoms with van der Waals surface area (Å²) in [5, 5.41) is 8.79. The van der Waals surface area contributed by atoms with Crippen molar-refractivity contribution >= 4 is 41.3 Å². The van der Waals surface area contributed by atoms with E-state index >= 15 is 0 Å². The number of nitrogens with zero attached hydrogens (tertiary/aromatic N) is 1. The van der Waals surface area contributed by atoms with E-state index in [-0.39, 0.29) is 29.4 Å². The van der Waals surface area contributed by atoms with Crippen LogP contribution in [0.1, 0.15) is 32.6 Å². The molecule has 0 radical (unpaired) electrons. The molecule has 0 bridgehead atoms. The molecule has 2 N–H and O–H groups in total. The molecular formula is C13H24IN3S. The smallest absolute Gasteiger partial charge is 0.191 e. The third-order valence-electron chi connectivity index (χ3n) is 2.53. The zero-order chi connectivity index (χ0) is 12.9. The van der Waals surface area contributed by atoms with Crippen molar-refractivity contribution in [3.05, 3.63) is 22.4 Å². The number of halogens is 1. The van der Waals surface area contributed by atoms with E-state index in [9.17, 15) is 0 Å². The van der Waals surface area contributed by atoms with Gasteiger partial charge in [0.1, 0.15) is 0 Å². The zero-order valence-electron chi connectivity index (χ0n) is 11.8. The fourth-order valence-electron chi connectivity index (χ4n) is 1.52. The van der Waals surface area contributed by atoms with Gasteiger partial charge in [0, 0.05) is 29.9 Å². The third kappa shape index (κ3) is 5.56. The van der Waals surface area contributed by atoms with Crippen molar-refractivity contribution in [2.24, 2.45) is 4.99 Å². The average Bonchev–Trinajstić information content (AvgIpc) is 2.77. The van der Waals surface area contributed by atoms with E-state index < -0.39 is 0 Å². The van der Waals surface area contributed by atoms with Gasteiger partial charge >= 0.3 is 0 Å². The fraction of sp³-hybridized carbons (Fsp3) is 0.615. The molecule has 0 saturated carbocycles. The monoisotopic (exact) mass is 381 g/mol. The maximum Gasteiger partial charge on any atom is 0.191 e. The van der Waals surface area contributed by atoms with Crippen molar-refractivity contribution in [2.75, 3.05) is 13.6 Å². The van der Waals surface area contributed by atoms with Gasteiger partial charge in [0.25, 0.3) is 0 Å². The van der Waals surface area contributed by atoms with Crippen LogP contribution in [0.5, 0.6) is 0 Å². The highest BCUT2D eigenvalue weighted by Crippen LogP contribution is 2.26. The average molecular weight is 381 g/mol. The second-order valence-electron chi connectivity index (χ2n) is 5.09. The Hall–Kier alpha value is -0.300. The topological polar surface area (TPSA) is 36.4 Å². The summed E-state index contributed by atoms with van der Waals surface area (Å²) in [7, 11) is 1.80. The first-order valence-electron chi connectivity index (χ1n) is 5.97. The van der Waals surface area contributed by atoms with Gasteiger partial charge in [0.05, 0.1) is 0 Å². The Bertz CT molecular complexity index is 358. The van der Waals surface area contributed by atoms with Gasteiger partial charge in [-0.25, -0.2) is 0 Å². The van der Waals surface area contributed by atoms with Gasteiger partial charge in [0.15, 0.2) is 5.96 Å². The molecule has 0 saturated heterocycles. The van der Waals surface area contributed by atoms with Crippen LogP contribution in [0.3, 0.4) is 0 Å². The van der Waals surface area contributed by atoms with Crippen LogP contribution in [0.25, 0.3) is 0 Å². The number of hydrogen-bond acceptors (Lipinski definition) is 2. The van der Waals surface area contributed by atoms with Crippen LogP contribution in [-0.2, 0) is 5.41 Å². The summed E-state index contributed by atoms with van der Waals surface area (Å²) in [4.78, 5) is 5.60. The van der Waals surface area contributed by atoms with E-state index in [1.165, 1.54) is 4.88 Å². The Morgan fingerprint density at radius 2 is 2.11 bits per heavy atom. The van der Waals surface area contributed by atoms with Crippen molar-refractivity contribution in [3.8, 4) is 0 Å². The number of thiophene rings is 1. The molecule has 104 valence electrons. The van der Waals surface area contributed by atoms with Crippen LogP contribution in [-0.4, -0.2) is 25.6 Å². The summed E-state index contributed by atoms with van der Waals surface area (Å²) < 4.78 is 0. The van der Waals surface area contributed by atoms with Gasteiger partial charge in [-0.15, -0.1) is 35.3 Å². The lowest BCUT2D eigenvalue weighted by Gasteiger charge is -2.25. The van der Waals surface area contributed by atoms with Crippen molar-refractivity contribution in [2.45, 2.75) is 39.2 Å². The Balaban J connectivity index is 0.00000289. The molecule has 5 heteroatoms. The molecule has 1 rings (SSSR count). The van der Waals surface area contributed by atoms with Crippen LogP contribution < -0.4 is 10.6 Å². The lowest BCUT2D eigenvalue weighted by molar-refractivity contribution is 0.516. The molecule has 0 aliphatic carbocycles. The van der Waals surface area contributed by atoms with Crippen molar-refractivity contribution in [1.29, 1.82) is 0 Å². The number of hydrogen-bond donors (Lipinski definition) is 2. The summed E-state index contributed by atoms with van der Waals surface area (Å²) >= 11 is 1.80. The maximum absolute atomic E-state index is 4.21. The van der Waals surface area contributed by atoms with E-state index in [0.717, 1.165) is 12.5 Å². The Morgan fingerprint density at radius 3 is 2.56 bits per heavy atom. The molecule has 0 amide bonds. The third-order valence-corrected chi connectivity index (χ3v) is 3.77. The molecule has 0 aromatic carbocycles. The first-order valence-corrected chi connectivity index (χ1v) is 6.85. The van der Waals surface area contributed by atoms with Crippen LogP contribution in [0, 0.1) is 0 Å². The fourth-order valence-corrected chi connectivity index (χ4v) is 2.38. The maximum atomic E-state index is 4.21. The van der Waals surface area contributed by atoms with E-state index in [1.807, 2.05) is 0 Å². The van der Waals surface area contributed by atoms with E-state index in [0.29, 0.717) is 6.04 Å². The van der Waals surface area contributed by atoms with Crippen LogP contribution in [0.2, 0.25) is 0 Å². The molecule has 1 heterocycles. The molecule has 0 unspecified atom stereocenters. The highest BCUT2D eigenvalue weighted by Gasteiger charge is 2.21. The van der Waals surface area contributed by atoms with Crippen LogP contribution in [0.4, 0.5) is 0 Å². The predicted octanol–water partition coefficient (Wildman–Crippen LogP) is 3.22. The second-order valence-corrected chi connectivity index (χ2v) is 6.03. The predicted molar refractivity (Wildman–Crippen MR) is 92.4 cm³/mol. The second kappa shape index (κ2) is 7.99. The molecule has 0 fully saturated rings. The lowest BCUT2D eigenvalue weighted by atomic mass is 9.91. The Labute approximate surface area is 131 Å². The van der Waals surface area contributed by atoms with Gasteiger partial charge in [-0.05, 0) is 25.3 Å².